The van der Waals surface area contributed by atoms with E-state index in [2.05, 4.69) is 0 Å². The normalized spacial score (nSPS) is 25.8. The maximum absolute atomic E-state index is 10.4. The number of hydrogen-bond acceptors (Lipinski definition) is 3. The molecule has 1 aromatic rings. The summed E-state index contributed by atoms with van der Waals surface area (Å²) in [6, 6.07) is 5.65. The van der Waals surface area contributed by atoms with Crippen molar-refractivity contribution < 1.29 is 5.11 Å². The molecule has 1 heterocycles. The Morgan fingerprint density at radius 2 is 2.33 bits per heavy atom. The van der Waals surface area contributed by atoms with Crippen molar-refractivity contribution in [1.29, 1.82) is 0 Å². The quantitative estimate of drug-likeness (QED) is 0.796. The number of benzene rings is 1. The van der Waals surface area contributed by atoms with E-state index in [1.54, 1.807) is 11.8 Å². The molecule has 82 valence electrons. The number of fused-ring (bicyclic) bond motifs is 1. The lowest BCUT2D eigenvalue weighted by Crippen LogP contribution is -2.34. The lowest BCUT2D eigenvalue weighted by molar-refractivity contribution is 0.0345. The Morgan fingerprint density at radius 1 is 1.53 bits per heavy atom. The summed E-state index contributed by atoms with van der Waals surface area (Å²) in [4.78, 5) is 0.990. The lowest BCUT2D eigenvalue weighted by Gasteiger charge is -2.27. The zero-order chi connectivity index (χ0) is 10.9. The predicted molar refractivity (Wildman–Crippen MR) is 64.4 cm³/mol. The molecule has 0 aliphatic carbocycles. The Balaban J connectivity index is 2.55. The topological polar surface area (TPSA) is 46.2 Å². The molecule has 1 aromatic carbocycles. The van der Waals surface area contributed by atoms with E-state index in [9.17, 15) is 5.11 Å². The second kappa shape index (κ2) is 4.34. The molecule has 2 rings (SSSR count). The van der Waals surface area contributed by atoms with E-state index < -0.39 is 5.60 Å². The fraction of sp³-hybridized carbons (Fsp3) is 0.455. The molecule has 0 radical (unpaired) electrons. The van der Waals surface area contributed by atoms with Crippen LogP contribution in [0.1, 0.15) is 18.4 Å². The molecule has 0 fully saturated rings. The van der Waals surface area contributed by atoms with Gasteiger partial charge in [-0.25, -0.2) is 0 Å². The first-order valence-electron chi connectivity index (χ1n) is 5.01. The van der Waals surface area contributed by atoms with E-state index in [0.717, 1.165) is 22.6 Å². The Morgan fingerprint density at radius 3 is 3.07 bits per heavy atom. The second-order valence-corrected chi connectivity index (χ2v) is 5.32. The Kier molecular flexibility index (Phi) is 3.26. The van der Waals surface area contributed by atoms with Gasteiger partial charge >= 0.3 is 0 Å². The summed E-state index contributed by atoms with van der Waals surface area (Å²) in [5.74, 6) is 0.985. The van der Waals surface area contributed by atoms with Crippen molar-refractivity contribution in [2.75, 3.05) is 12.3 Å². The van der Waals surface area contributed by atoms with Gasteiger partial charge in [0.05, 0.1) is 5.02 Å². The zero-order valence-electron chi connectivity index (χ0n) is 8.37. The van der Waals surface area contributed by atoms with Gasteiger partial charge in [-0.2, -0.15) is 0 Å². The molecule has 15 heavy (non-hydrogen) atoms. The van der Waals surface area contributed by atoms with Gasteiger partial charge in [0.2, 0.25) is 0 Å². The van der Waals surface area contributed by atoms with Gasteiger partial charge < -0.3 is 10.8 Å². The first-order valence-corrected chi connectivity index (χ1v) is 6.38. The van der Waals surface area contributed by atoms with Gasteiger partial charge in [-0.05, 0) is 30.2 Å². The fourth-order valence-electron chi connectivity index (χ4n) is 1.91. The van der Waals surface area contributed by atoms with E-state index in [-0.39, 0.29) is 6.54 Å². The Bertz CT molecular complexity index is 372. The third-order valence-electron chi connectivity index (χ3n) is 2.79. The van der Waals surface area contributed by atoms with Crippen LogP contribution in [0.25, 0.3) is 0 Å². The van der Waals surface area contributed by atoms with Crippen LogP contribution >= 0.6 is 23.4 Å². The number of aliphatic hydroxyl groups is 1. The molecule has 0 saturated heterocycles. The summed E-state index contributed by atoms with van der Waals surface area (Å²) in [7, 11) is 0. The van der Waals surface area contributed by atoms with Crippen LogP contribution in [0.5, 0.6) is 0 Å². The maximum atomic E-state index is 10.4. The summed E-state index contributed by atoms with van der Waals surface area (Å²) in [6.07, 6.45) is 1.67. The number of thioether (sulfide) groups is 1. The van der Waals surface area contributed by atoms with Crippen molar-refractivity contribution in [2.24, 2.45) is 5.73 Å². The minimum absolute atomic E-state index is 0.251. The summed E-state index contributed by atoms with van der Waals surface area (Å²) in [5, 5.41) is 11.2. The minimum atomic E-state index is -0.899. The van der Waals surface area contributed by atoms with Gasteiger partial charge in [-0.15, -0.1) is 11.8 Å². The molecule has 0 bridgehead atoms. The number of nitrogens with two attached hydrogens (primary N) is 1. The fourth-order valence-corrected chi connectivity index (χ4v) is 3.36. The van der Waals surface area contributed by atoms with Crippen molar-refractivity contribution in [3.63, 3.8) is 0 Å². The van der Waals surface area contributed by atoms with Gasteiger partial charge in [-0.3, -0.25) is 0 Å². The monoisotopic (exact) mass is 243 g/mol. The number of rotatable bonds is 1. The average Bonchev–Trinajstić information content (AvgIpc) is 2.41. The van der Waals surface area contributed by atoms with E-state index in [0.29, 0.717) is 11.4 Å². The van der Waals surface area contributed by atoms with E-state index in [4.69, 9.17) is 17.3 Å². The Hall–Kier alpha value is -0.220. The highest BCUT2D eigenvalue weighted by atomic mass is 35.5. The van der Waals surface area contributed by atoms with Gasteiger partial charge in [0.15, 0.2) is 0 Å². The summed E-state index contributed by atoms with van der Waals surface area (Å²) >= 11 is 7.83. The van der Waals surface area contributed by atoms with Crippen molar-refractivity contribution in [2.45, 2.75) is 23.3 Å². The SMILES string of the molecule is NCC1(O)CCCSc2c(Cl)cccc21. The molecule has 2 nitrogen and oxygen atoms in total. The van der Waals surface area contributed by atoms with Crippen LogP contribution in [0, 0.1) is 0 Å². The highest BCUT2D eigenvalue weighted by Gasteiger charge is 2.32. The summed E-state index contributed by atoms with van der Waals surface area (Å²) < 4.78 is 0. The first kappa shape index (κ1) is 11.3. The van der Waals surface area contributed by atoms with E-state index in [1.807, 2.05) is 18.2 Å². The Labute approximate surface area is 98.8 Å². The van der Waals surface area contributed by atoms with Gasteiger partial charge in [0.25, 0.3) is 0 Å². The lowest BCUT2D eigenvalue weighted by atomic mass is 9.89. The van der Waals surface area contributed by atoms with Crippen molar-refractivity contribution >= 4 is 23.4 Å². The standard InChI is InChI=1S/C11H14ClNOS/c12-9-4-1-3-8-10(9)15-6-2-5-11(8,14)7-13/h1,3-4,14H,2,5-7,13H2. The third kappa shape index (κ3) is 2.02. The van der Waals surface area contributed by atoms with Gasteiger partial charge in [-0.1, -0.05) is 23.7 Å². The van der Waals surface area contributed by atoms with Crippen molar-refractivity contribution in [1.82, 2.24) is 0 Å². The van der Waals surface area contributed by atoms with Crippen molar-refractivity contribution in [3.8, 4) is 0 Å². The molecule has 1 aliphatic rings. The zero-order valence-corrected chi connectivity index (χ0v) is 9.94. The average molecular weight is 244 g/mol. The highest BCUT2D eigenvalue weighted by molar-refractivity contribution is 7.99. The molecule has 0 aromatic heterocycles. The van der Waals surface area contributed by atoms with Crippen LogP contribution in [0.15, 0.2) is 23.1 Å². The molecule has 4 heteroatoms. The smallest absolute Gasteiger partial charge is 0.103 e. The van der Waals surface area contributed by atoms with Crippen LogP contribution < -0.4 is 5.73 Å². The molecule has 1 atom stereocenters. The molecular formula is C11H14ClNOS. The number of halogens is 1. The first-order chi connectivity index (χ1) is 7.17. The molecule has 1 unspecified atom stereocenters. The third-order valence-corrected chi connectivity index (χ3v) is 4.44. The highest BCUT2D eigenvalue weighted by Crippen LogP contribution is 2.41. The second-order valence-electron chi connectivity index (χ2n) is 3.80. The molecule has 0 amide bonds. The minimum Gasteiger partial charge on any atom is -0.384 e. The molecule has 0 spiro atoms. The van der Waals surface area contributed by atoms with Crippen LogP contribution in [0.3, 0.4) is 0 Å². The van der Waals surface area contributed by atoms with Crippen LogP contribution in [0.4, 0.5) is 0 Å². The van der Waals surface area contributed by atoms with Crippen LogP contribution in [0.2, 0.25) is 5.02 Å². The summed E-state index contributed by atoms with van der Waals surface area (Å²) in [6.45, 7) is 0.251. The van der Waals surface area contributed by atoms with Crippen LogP contribution in [-0.4, -0.2) is 17.4 Å². The molecule has 1 aliphatic heterocycles. The maximum Gasteiger partial charge on any atom is 0.103 e. The van der Waals surface area contributed by atoms with E-state index >= 15 is 0 Å². The molecular weight excluding hydrogens is 230 g/mol. The summed E-state index contributed by atoms with van der Waals surface area (Å²) in [5.41, 5.74) is 5.66. The predicted octanol–water partition coefficient (Wildman–Crippen LogP) is 2.37. The van der Waals surface area contributed by atoms with Crippen molar-refractivity contribution in [3.05, 3.63) is 28.8 Å². The molecule has 3 N–H and O–H groups in total. The van der Waals surface area contributed by atoms with Gasteiger partial charge in [0, 0.05) is 11.4 Å². The van der Waals surface area contributed by atoms with Gasteiger partial charge in [0.1, 0.15) is 5.60 Å². The van der Waals surface area contributed by atoms with E-state index in [1.165, 1.54) is 0 Å². The van der Waals surface area contributed by atoms with Crippen LogP contribution in [-0.2, 0) is 5.60 Å². The number of hydrogen-bond donors (Lipinski definition) is 2. The molecule has 0 saturated carbocycles. The largest absolute Gasteiger partial charge is 0.384 e.